The van der Waals surface area contributed by atoms with Crippen molar-refractivity contribution in [3.8, 4) is 22.8 Å². The smallest absolute Gasteiger partial charge is 0.162 e. The average Bonchev–Trinajstić information content (AvgIpc) is 2.93. The van der Waals surface area contributed by atoms with Gasteiger partial charge >= 0.3 is 0 Å². The van der Waals surface area contributed by atoms with Gasteiger partial charge in [-0.05, 0) is 44.2 Å². The Morgan fingerprint density at radius 1 is 1.04 bits per heavy atom. The van der Waals surface area contributed by atoms with Crippen LogP contribution in [-0.4, -0.2) is 25.0 Å². The normalized spacial score (nSPS) is 10.8. The van der Waals surface area contributed by atoms with Gasteiger partial charge in [0.1, 0.15) is 11.5 Å². The van der Waals surface area contributed by atoms with Crippen molar-refractivity contribution in [2.24, 2.45) is 0 Å². The topological polar surface area (TPSA) is 51.3 Å². The minimum atomic E-state index is 0.00284. The maximum Gasteiger partial charge on any atom is 0.162 e. The van der Waals surface area contributed by atoms with Gasteiger partial charge in [0.25, 0.3) is 0 Å². The van der Waals surface area contributed by atoms with Gasteiger partial charge in [0, 0.05) is 16.5 Å². The Balaban J connectivity index is 2.35. The Hall–Kier alpha value is -2.75. The number of aryl methyl sites for hydroxylation is 1. The number of aromatic nitrogens is 1. The quantitative estimate of drug-likeness (QED) is 0.728. The van der Waals surface area contributed by atoms with Crippen LogP contribution in [-0.2, 0) is 0 Å². The van der Waals surface area contributed by atoms with Crippen molar-refractivity contribution in [1.29, 1.82) is 0 Å². The number of carbonyl (C=O) groups excluding carboxylic acids is 1. The molecule has 1 N–H and O–H groups in total. The maximum atomic E-state index is 12.3. The second-order valence-corrected chi connectivity index (χ2v) is 5.55. The van der Waals surface area contributed by atoms with E-state index in [1.54, 1.807) is 21.1 Å². The summed E-state index contributed by atoms with van der Waals surface area (Å²) in [5, 5.41) is 0.857. The highest BCUT2D eigenvalue weighted by Gasteiger charge is 2.20. The van der Waals surface area contributed by atoms with E-state index in [1.807, 2.05) is 43.3 Å². The zero-order valence-corrected chi connectivity index (χ0v) is 13.7. The third-order valence-corrected chi connectivity index (χ3v) is 3.98. The molecule has 0 amide bonds. The van der Waals surface area contributed by atoms with E-state index in [0.717, 1.165) is 39.2 Å². The van der Waals surface area contributed by atoms with Crippen molar-refractivity contribution in [3.63, 3.8) is 0 Å². The summed E-state index contributed by atoms with van der Waals surface area (Å²) in [4.78, 5) is 15.7. The predicted octanol–water partition coefficient (Wildman–Crippen LogP) is 4.36. The first-order chi connectivity index (χ1) is 11.0. The van der Waals surface area contributed by atoms with Crippen LogP contribution in [0.4, 0.5) is 0 Å². The maximum absolute atomic E-state index is 12.3. The highest BCUT2D eigenvalue weighted by molar-refractivity contribution is 6.13. The number of hydrogen-bond acceptors (Lipinski definition) is 3. The van der Waals surface area contributed by atoms with E-state index >= 15 is 0 Å². The summed E-state index contributed by atoms with van der Waals surface area (Å²) >= 11 is 0. The molecule has 0 spiro atoms. The lowest BCUT2D eigenvalue weighted by Gasteiger charge is -2.09. The number of ether oxygens (including phenoxy) is 2. The lowest BCUT2D eigenvalue weighted by Crippen LogP contribution is -1.96. The molecule has 0 aliphatic rings. The molecule has 0 atom stereocenters. The average molecular weight is 309 g/mol. The standard InChI is InChI=1S/C19H19NO3/c1-11-5-8-17(23-4)15(9-11)19-18(12(2)21)14-10-13(22-3)6-7-16(14)20-19/h5-10,20H,1-4H3. The van der Waals surface area contributed by atoms with Gasteiger partial charge in [0.2, 0.25) is 0 Å². The number of carbonyl (C=O) groups is 1. The largest absolute Gasteiger partial charge is 0.497 e. The fraction of sp³-hybridized carbons (Fsp3) is 0.211. The number of hydrogen-bond donors (Lipinski definition) is 1. The number of rotatable bonds is 4. The molecule has 118 valence electrons. The molecule has 0 radical (unpaired) electrons. The number of fused-ring (bicyclic) bond motifs is 1. The Kier molecular flexibility index (Phi) is 3.82. The van der Waals surface area contributed by atoms with Crippen LogP contribution in [0, 0.1) is 6.92 Å². The fourth-order valence-corrected chi connectivity index (χ4v) is 2.88. The number of Topliss-reactive ketones (excluding diaryl/α,β-unsaturated/α-hetero) is 1. The van der Waals surface area contributed by atoms with Crippen LogP contribution in [0.5, 0.6) is 11.5 Å². The third kappa shape index (κ3) is 2.57. The first-order valence-corrected chi connectivity index (χ1v) is 7.40. The molecule has 3 rings (SSSR count). The summed E-state index contributed by atoms with van der Waals surface area (Å²) in [7, 11) is 3.25. The second-order valence-electron chi connectivity index (χ2n) is 5.55. The minimum absolute atomic E-state index is 0.00284. The van der Waals surface area contributed by atoms with Crippen molar-refractivity contribution in [1.82, 2.24) is 4.98 Å². The number of nitrogens with one attached hydrogen (secondary N) is 1. The minimum Gasteiger partial charge on any atom is -0.497 e. The summed E-state index contributed by atoms with van der Waals surface area (Å²) in [6.07, 6.45) is 0. The Morgan fingerprint density at radius 3 is 2.48 bits per heavy atom. The van der Waals surface area contributed by atoms with Gasteiger partial charge in [-0.3, -0.25) is 4.79 Å². The van der Waals surface area contributed by atoms with Crippen LogP contribution >= 0.6 is 0 Å². The molecule has 23 heavy (non-hydrogen) atoms. The second kappa shape index (κ2) is 5.80. The van der Waals surface area contributed by atoms with Gasteiger partial charge in [-0.15, -0.1) is 0 Å². The van der Waals surface area contributed by atoms with Gasteiger partial charge in [-0.25, -0.2) is 0 Å². The van der Waals surface area contributed by atoms with Crippen molar-refractivity contribution in [2.45, 2.75) is 13.8 Å². The van der Waals surface area contributed by atoms with Crippen molar-refractivity contribution < 1.29 is 14.3 Å². The van der Waals surface area contributed by atoms with Crippen molar-refractivity contribution >= 4 is 16.7 Å². The summed E-state index contributed by atoms with van der Waals surface area (Å²) in [5.74, 6) is 1.46. The molecular weight excluding hydrogens is 290 g/mol. The molecule has 3 aromatic rings. The van der Waals surface area contributed by atoms with E-state index in [0.29, 0.717) is 5.56 Å². The molecule has 1 aromatic heterocycles. The van der Waals surface area contributed by atoms with Crippen molar-refractivity contribution in [2.75, 3.05) is 14.2 Å². The Bertz CT molecular complexity index is 893. The highest BCUT2D eigenvalue weighted by atomic mass is 16.5. The molecule has 0 saturated carbocycles. The SMILES string of the molecule is COc1ccc2[nH]c(-c3cc(C)ccc3OC)c(C(C)=O)c2c1. The number of benzene rings is 2. The van der Waals surface area contributed by atoms with Crippen LogP contribution in [0.2, 0.25) is 0 Å². The summed E-state index contributed by atoms with van der Waals surface area (Å²) in [6, 6.07) is 11.6. The number of methoxy groups -OCH3 is 2. The van der Waals surface area contributed by atoms with E-state index in [9.17, 15) is 4.79 Å². The van der Waals surface area contributed by atoms with E-state index in [4.69, 9.17) is 9.47 Å². The van der Waals surface area contributed by atoms with Crippen LogP contribution in [0.25, 0.3) is 22.2 Å². The van der Waals surface area contributed by atoms with Crippen molar-refractivity contribution in [3.05, 3.63) is 47.5 Å². The molecule has 0 fully saturated rings. The fourth-order valence-electron chi connectivity index (χ4n) is 2.88. The lowest BCUT2D eigenvalue weighted by molar-refractivity contribution is 0.102. The van der Waals surface area contributed by atoms with Crippen LogP contribution in [0.1, 0.15) is 22.8 Å². The molecule has 0 aliphatic heterocycles. The van der Waals surface area contributed by atoms with E-state index in [2.05, 4.69) is 4.98 Å². The van der Waals surface area contributed by atoms with Gasteiger partial charge in [-0.1, -0.05) is 11.6 Å². The number of H-pyrrole nitrogens is 1. The number of aromatic amines is 1. The monoisotopic (exact) mass is 309 g/mol. The molecule has 2 aromatic carbocycles. The van der Waals surface area contributed by atoms with Gasteiger partial charge in [-0.2, -0.15) is 0 Å². The summed E-state index contributed by atoms with van der Waals surface area (Å²) < 4.78 is 10.8. The summed E-state index contributed by atoms with van der Waals surface area (Å²) in [5.41, 5.74) is 4.32. The first kappa shape index (κ1) is 15.2. The van der Waals surface area contributed by atoms with Gasteiger partial charge in [0.15, 0.2) is 5.78 Å². The molecule has 0 unspecified atom stereocenters. The molecule has 0 saturated heterocycles. The van der Waals surface area contributed by atoms with Crippen LogP contribution < -0.4 is 9.47 Å². The zero-order chi connectivity index (χ0) is 16.6. The molecule has 4 heteroatoms. The van der Waals surface area contributed by atoms with Crippen LogP contribution in [0.3, 0.4) is 0 Å². The number of ketones is 1. The van der Waals surface area contributed by atoms with E-state index < -0.39 is 0 Å². The zero-order valence-electron chi connectivity index (χ0n) is 13.7. The summed E-state index contributed by atoms with van der Waals surface area (Å²) in [6.45, 7) is 3.59. The molecule has 4 nitrogen and oxygen atoms in total. The Morgan fingerprint density at radius 2 is 1.83 bits per heavy atom. The van der Waals surface area contributed by atoms with E-state index in [-0.39, 0.29) is 5.78 Å². The lowest BCUT2D eigenvalue weighted by atomic mass is 10.0. The molecule has 0 bridgehead atoms. The molecule has 0 aliphatic carbocycles. The molecule has 1 heterocycles. The molecular formula is C19H19NO3. The van der Waals surface area contributed by atoms with Crippen LogP contribution in [0.15, 0.2) is 36.4 Å². The van der Waals surface area contributed by atoms with Gasteiger partial charge in [0.05, 0.1) is 25.5 Å². The highest BCUT2D eigenvalue weighted by Crippen LogP contribution is 2.37. The Labute approximate surface area is 135 Å². The predicted molar refractivity (Wildman–Crippen MR) is 91.6 cm³/mol. The van der Waals surface area contributed by atoms with E-state index in [1.165, 1.54) is 0 Å². The third-order valence-electron chi connectivity index (χ3n) is 3.98. The van der Waals surface area contributed by atoms with Gasteiger partial charge < -0.3 is 14.5 Å². The first-order valence-electron chi connectivity index (χ1n) is 7.40.